The minimum Gasteiger partial charge on any atom is -0.385 e. The third-order valence-corrected chi connectivity index (χ3v) is 3.71. The van der Waals surface area contributed by atoms with Crippen LogP contribution in [0.1, 0.15) is 40.5 Å². The van der Waals surface area contributed by atoms with E-state index in [0.29, 0.717) is 6.61 Å². The van der Waals surface area contributed by atoms with E-state index in [-0.39, 0.29) is 0 Å². The topological polar surface area (TPSA) is 60.2 Å². The molecule has 22 heavy (non-hydrogen) atoms. The largest absolute Gasteiger partial charge is 0.385 e. The van der Waals surface area contributed by atoms with E-state index in [4.69, 9.17) is 4.74 Å². The molecule has 5 nitrogen and oxygen atoms in total. The van der Waals surface area contributed by atoms with E-state index in [9.17, 15) is 5.11 Å². The maximum absolute atomic E-state index is 10.8. The number of rotatable bonds is 7. The summed E-state index contributed by atoms with van der Waals surface area (Å²) in [5, 5.41) is 19.3. The average molecular weight is 303 g/mol. The predicted molar refractivity (Wildman–Crippen MR) is 87.5 cm³/mol. The summed E-state index contributed by atoms with van der Waals surface area (Å²) in [6.45, 7) is 7.94. The summed E-state index contributed by atoms with van der Waals surface area (Å²) in [4.78, 5) is 0. The molecule has 2 rings (SSSR count). The molecule has 0 bridgehead atoms. The number of para-hydroxylation sites is 1. The van der Waals surface area contributed by atoms with Crippen LogP contribution in [0.15, 0.2) is 36.4 Å². The smallest absolute Gasteiger partial charge is 0.210 e. The van der Waals surface area contributed by atoms with Gasteiger partial charge in [0, 0.05) is 6.61 Å². The zero-order chi connectivity index (χ0) is 16.2. The Bertz CT molecular complexity index is 643. The number of hydrogen-bond acceptors (Lipinski definition) is 4. The van der Waals surface area contributed by atoms with Gasteiger partial charge in [0.05, 0.1) is 5.52 Å². The van der Waals surface area contributed by atoms with Crippen LogP contribution in [0, 0.1) is 0 Å². The number of fused-ring (bicyclic) bond motifs is 1. The van der Waals surface area contributed by atoms with E-state index in [2.05, 4.69) is 17.2 Å². The second-order valence-corrected chi connectivity index (χ2v) is 5.87. The zero-order valence-electron chi connectivity index (χ0n) is 13.8. The molecule has 0 aliphatic rings. The van der Waals surface area contributed by atoms with Crippen LogP contribution >= 0.6 is 0 Å². The maximum atomic E-state index is 10.8. The molecular formula is C17H25N3O2. The second-order valence-electron chi connectivity index (χ2n) is 5.87. The number of benzene rings is 1. The van der Waals surface area contributed by atoms with Crippen molar-refractivity contribution in [3.05, 3.63) is 36.4 Å². The molecule has 1 N–H and O–H groups in total. The van der Waals surface area contributed by atoms with Crippen LogP contribution < -0.4 is 0 Å². The first-order chi connectivity index (χ1) is 10.5. The van der Waals surface area contributed by atoms with Crippen LogP contribution in [0.4, 0.5) is 0 Å². The first-order valence-electron chi connectivity index (χ1n) is 7.81. The third-order valence-electron chi connectivity index (χ3n) is 3.71. The lowest BCUT2D eigenvalue weighted by molar-refractivity contribution is -0.190. The molecule has 1 aromatic heterocycles. The first-order valence-corrected chi connectivity index (χ1v) is 7.81. The van der Waals surface area contributed by atoms with Gasteiger partial charge in [-0.1, -0.05) is 36.8 Å². The van der Waals surface area contributed by atoms with Crippen molar-refractivity contribution < 1.29 is 9.84 Å². The molecule has 2 aromatic rings. The summed E-state index contributed by atoms with van der Waals surface area (Å²) in [5.74, 6) is 0. The summed E-state index contributed by atoms with van der Waals surface area (Å²) in [5.41, 5.74) is -0.643. The van der Waals surface area contributed by atoms with Crippen LogP contribution in [0.5, 0.6) is 0 Å². The average Bonchev–Trinajstić information content (AvgIpc) is 2.89. The van der Waals surface area contributed by atoms with Gasteiger partial charge in [0.1, 0.15) is 11.1 Å². The number of aliphatic hydroxyl groups is 1. The fourth-order valence-electron chi connectivity index (χ4n) is 2.56. The normalized spacial score (nSPS) is 15.5. The summed E-state index contributed by atoms with van der Waals surface area (Å²) in [6, 6.07) is 7.68. The Morgan fingerprint density at radius 2 is 2.00 bits per heavy atom. The number of hydrogen-bond donors (Lipinski definition) is 1. The van der Waals surface area contributed by atoms with Crippen molar-refractivity contribution in [3.63, 3.8) is 0 Å². The minimum absolute atomic E-state index is 0.453. The van der Waals surface area contributed by atoms with Crippen molar-refractivity contribution in [2.75, 3.05) is 6.61 Å². The molecule has 120 valence electrons. The van der Waals surface area contributed by atoms with Crippen LogP contribution in [0.3, 0.4) is 0 Å². The molecule has 0 aliphatic heterocycles. The molecule has 1 atom stereocenters. The molecule has 1 aromatic carbocycles. The lowest BCUT2D eigenvalue weighted by Crippen LogP contribution is -2.53. The second kappa shape index (κ2) is 6.58. The Morgan fingerprint density at radius 1 is 1.27 bits per heavy atom. The molecule has 0 amide bonds. The molecule has 1 unspecified atom stereocenters. The zero-order valence-corrected chi connectivity index (χ0v) is 13.8. The highest BCUT2D eigenvalue weighted by molar-refractivity contribution is 5.74. The highest BCUT2D eigenvalue weighted by Gasteiger charge is 2.46. The van der Waals surface area contributed by atoms with Gasteiger partial charge in [0.2, 0.25) is 5.72 Å². The monoisotopic (exact) mass is 303 g/mol. The van der Waals surface area contributed by atoms with E-state index in [1.54, 1.807) is 18.5 Å². The molecule has 0 radical (unpaired) electrons. The van der Waals surface area contributed by atoms with Gasteiger partial charge in [0.15, 0.2) is 0 Å². The van der Waals surface area contributed by atoms with Crippen LogP contribution in [0.2, 0.25) is 0 Å². The lowest BCUT2D eigenvalue weighted by Gasteiger charge is -2.40. The molecule has 0 fully saturated rings. The van der Waals surface area contributed by atoms with Gasteiger partial charge in [-0.2, -0.15) is 0 Å². The van der Waals surface area contributed by atoms with Crippen molar-refractivity contribution >= 4 is 11.0 Å². The van der Waals surface area contributed by atoms with Crippen molar-refractivity contribution in [1.82, 2.24) is 15.0 Å². The summed E-state index contributed by atoms with van der Waals surface area (Å²) in [6.07, 6.45) is 5.88. The van der Waals surface area contributed by atoms with Gasteiger partial charge in [-0.15, -0.1) is 5.10 Å². The van der Waals surface area contributed by atoms with Crippen molar-refractivity contribution in [2.45, 2.75) is 51.9 Å². The number of nitrogens with zero attached hydrogens (tertiary/aromatic N) is 3. The van der Waals surface area contributed by atoms with E-state index >= 15 is 0 Å². The number of ether oxygens (including phenoxy) is 1. The molecule has 5 heteroatoms. The lowest BCUT2D eigenvalue weighted by atomic mass is 9.92. The predicted octanol–water partition coefficient (Wildman–Crippen LogP) is 3.25. The highest BCUT2D eigenvalue weighted by Crippen LogP contribution is 2.35. The van der Waals surface area contributed by atoms with E-state index in [1.165, 1.54) is 0 Å². The first kappa shape index (κ1) is 16.6. The standard InChI is InChI=1S/C17H25N3O2/c1-5-7-10-13-17(22-6-2,16(3,4)21)20-15-12-9-8-11-14(15)18-19-20/h8-13,21H,5-7H2,1-4H3/b13-10+. The summed E-state index contributed by atoms with van der Waals surface area (Å²) >= 11 is 0. The van der Waals surface area contributed by atoms with Crippen molar-refractivity contribution in [3.8, 4) is 0 Å². The Balaban J connectivity index is 2.65. The third kappa shape index (κ3) is 2.91. The van der Waals surface area contributed by atoms with Gasteiger partial charge in [-0.3, -0.25) is 0 Å². The molecule has 0 saturated carbocycles. The van der Waals surface area contributed by atoms with Crippen molar-refractivity contribution in [2.24, 2.45) is 0 Å². The van der Waals surface area contributed by atoms with E-state index < -0.39 is 11.3 Å². The SMILES string of the molecule is CCC/C=C/C(OCC)(n1nnc2ccccc21)C(C)(C)O. The molecule has 0 aliphatic carbocycles. The number of allylic oxidation sites excluding steroid dienone is 1. The highest BCUT2D eigenvalue weighted by atomic mass is 16.5. The van der Waals surface area contributed by atoms with Crippen LogP contribution in [0.25, 0.3) is 11.0 Å². The summed E-state index contributed by atoms with van der Waals surface area (Å²) < 4.78 is 7.70. The van der Waals surface area contributed by atoms with Gasteiger partial charge < -0.3 is 9.84 Å². The molecular weight excluding hydrogens is 278 g/mol. The fraction of sp³-hybridized carbons (Fsp3) is 0.529. The van der Waals surface area contributed by atoms with Gasteiger partial charge in [-0.05, 0) is 45.4 Å². The Hall–Kier alpha value is -1.72. The van der Waals surface area contributed by atoms with Gasteiger partial charge >= 0.3 is 0 Å². The molecule has 0 spiro atoms. The van der Waals surface area contributed by atoms with Crippen LogP contribution in [-0.2, 0) is 10.5 Å². The fourth-order valence-corrected chi connectivity index (χ4v) is 2.56. The van der Waals surface area contributed by atoms with Gasteiger partial charge in [-0.25, -0.2) is 4.68 Å². The minimum atomic E-state index is -1.16. The van der Waals surface area contributed by atoms with Crippen LogP contribution in [-0.4, -0.2) is 32.3 Å². The quantitative estimate of drug-likeness (QED) is 0.798. The number of aromatic nitrogens is 3. The molecule has 1 heterocycles. The van der Waals surface area contributed by atoms with E-state index in [1.807, 2.05) is 43.3 Å². The Morgan fingerprint density at radius 3 is 2.64 bits per heavy atom. The van der Waals surface area contributed by atoms with E-state index in [0.717, 1.165) is 23.9 Å². The van der Waals surface area contributed by atoms with Crippen molar-refractivity contribution in [1.29, 1.82) is 0 Å². The van der Waals surface area contributed by atoms with Gasteiger partial charge in [0.25, 0.3) is 0 Å². The Kier molecular flexibility index (Phi) is 4.98. The Labute approximate surface area is 131 Å². The maximum Gasteiger partial charge on any atom is 0.210 e. The summed E-state index contributed by atoms with van der Waals surface area (Å²) in [7, 11) is 0. The molecule has 0 saturated heterocycles. The number of unbranched alkanes of at least 4 members (excludes halogenated alkanes) is 1.